The monoisotopic (exact) mass is 447 g/mol. The molecule has 0 spiro atoms. The van der Waals surface area contributed by atoms with Crippen molar-refractivity contribution in [3.63, 3.8) is 0 Å². The van der Waals surface area contributed by atoms with Gasteiger partial charge in [-0.05, 0) is 53.3 Å². The fourth-order valence-corrected chi connectivity index (χ4v) is 5.10. The number of amides is 1. The molecule has 1 unspecified atom stereocenters. The average Bonchev–Trinajstić information content (AvgIpc) is 3.37. The molecule has 8 heteroatoms. The molecule has 0 saturated carbocycles. The summed E-state index contributed by atoms with van der Waals surface area (Å²) in [5.74, 6) is 0.932. The Labute approximate surface area is 188 Å². The van der Waals surface area contributed by atoms with E-state index in [2.05, 4.69) is 4.98 Å². The second kappa shape index (κ2) is 8.12. The Morgan fingerprint density at radius 2 is 1.94 bits per heavy atom. The maximum absolute atomic E-state index is 13.7. The van der Waals surface area contributed by atoms with Crippen LogP contribution in [0.15, 0.2) is 65.0 Å². The van der Waals surface area contributed by atoms with Gasteiger partial charge in [-0.3, -0.25) is 14.0 Å². The predicted molar refractivity (Wildman–Crippen MR) is 122 cm³/mol. The lowest BCUT2D eigenvalue weighted by Gasteiger charge is -2.37. The number of carbonyl (C=O) groups excluding carboxylic acids is 1. The van der Waals surface area contributed by atoms with Crippen molar-refractivity contribution in [1.29, 1.82) is 0 Å². The number of ether oxygens (including phenoxy) is 2. The SMILES string of the molecule is COc1cc2c(cc1OC)C(c1cccs1)N(C(=O)c1cnc3ccccn3c1=O)CC2. The number of fused-ring (bicyclic) bond motifs is 2. The first-order valence-electron chi connectivity index (χ1n) is 10.2. The molecule has 1 aromatic carbocycles. The van der Waals surface area contributed by atoms with E-state index in [1.807, 2.05) is 29.6 Å². The van der Waals surface area contributed by atoms with E-state index in [1.54, 1.807) is 54.9 Å². The topological polar surface area (TPSA) is 73.1 Å². The molecule has 4 heterocycles. The molecule has 5 rings (SSSR count). The van der Waals surface area contributed by atoms with Crippen molar-refractivity contribution in [3.05, 3.63) is 92.2 Å². The average molecular weight is 448 g/mol. The first-order valence-corrected chi connectivity index (χ1v) is 11.1. The van der Waals surface area contributed by atoms with Crippen LogP contribution < -0.4 is 15.0 Å². The summed E-state index contributed by atoms with van der Waals surface area (Å²) in [6, 6.07) is 12.8. The number of rotatable bonds is 4. The van der Waals surface area contributed by atoms with Gasteiger partial charge in [0, 0.05) is 23.8 Å². The van der Waals surface area contributed by atoms with Crippen molar-refractivity contribution in [2.75, 3.05) is 20.8 Å². The summed E-state index contributed by atoms with van der Waals surface area (Å²) in [5.41, 5.74) is 2.25. The lowest BCUT2D eigenvalue weighted by Crippen LogP contribution is -2.42. The van der Waals surface area contributed by atoms with E-state index in [0.717, 1.165) is 16.0 Å². The molecule has 7 nitrogen and oxygen atoms in total. The van der Waals surface area contributed by atoms with Gasteiger partial charge in [0.05, 0.1) is 20.3 Å². The standard InChI is InChI=1S/C24H21N3O4S/c1-30-18-12-15-8-10-27(22(20-6-5-11-32-20)16(15)13-19(18)31-2)24(29)17-14-25-21-7-3-4-9-26(21)23(17)28/h3-7,9,11-14,22H,8,10H2,1-2H3. The largest absolute Gasteiger partial charge is 0.493 e. The third-order valence-electron chi connectivity index (χ3n) is 5.79. The van der Waals surface area contributed by atoms with Gasteiger partial charge in [-0.2, -0.15) is 0 Å². The van der Waals surface area contributed by atoms with Crippen LogP contribution in [0.1, 0.15) is 32.4 Å². The van der Waals surface area contributed by atoms with Crippen LogP contribution in [0.5, 0.6) is 11.5 Å². The normalized spacial score (nSPS) is 15.4. The summed E-state index contributed by atoms with van der Waals surface area (Å²) in [5, 5.41) is 1.99. The molecule has 1 atom stereocenters. The van der Waals surface area contributed by atoms with Gasteiger partial charge >= 0.3 is 0 Å². The number of hydrogen-bond donors (Lipinski definition) is 0. The Balaban J connectivity index is 1.64. The molecule has 162 valence electrons. The number of thiophene rings is 1. The second-order valence-electron chi connectivity index (χ2n) is 7.48. The zero-order valence-electron chi connectivity index (χ0n) is 17.6. The number of methoxy groups -OCH3 is 2. The van der Waals surface area contributed by atoms with Crippen molar-refractivity contribution in [2.45, 2.75) is 12.5 Å². The molecule has 0 N–H and O–H groups in total. The number of benzene rings is 1. The van der Waals surface area contributed by atoms with Crippen LogP contribution >= 0.6 is 11.3 Å². The lowest BCUT2D eigenvalue weighted by atomic mass is 9.90. The Morgan fingerprint density at radius 1 is 1.12 bits per heavy atom. The number of pyridine rings is 1. The maximum atomic E-state index is 13.7. The van der Waals surface area contributed by atoms with E-state index in [-0.39, 0.29) is 23.1 Å². The molecule has 0 fully saturated rings. The molecule has 1 aliphatic heterocycles. The maximum Gasteiger partial charge on any atom is 0.270 e. The van der Waals surface area contributed by atoms with Crippen LogP contribution in [-0.4, -0.2) is 41.0 Å². The Hall–Kier alpha value is -3.65. The fourth-order valence-electron chi connectivity index (χ4n) is 4.25. The zero-order valence-corrected chi connectivity index (χ0v) is 18.5. The Bertz CT molecular complexity index is 1360. The number of nitrogens with zero attached hydrogens (tertiary/aromatic N) is 3. The molecule has 3 aromatic heterocycles. The molecule has 0 saturated heterocycles. The molecule has 0 radical (unpaired) electrons. The van der Waals surface area contributed by atoms with E-state index in [9.17, 15) is 9.59 Å². The minimum atomic E-state index is -0.372. The Morgan fingerprint density at radius 3 is 2.69 bits per heavy atom. The molecule has 0 aliphatic carbocycles. The molecular weight excluding hydrogens is 426 g/mol. The van der Waals surface area contributed by atoms with Crippen LogP contribution in [0.2, 0.25) is 0 Å². The molecule has 4 aromatic rings. The van der Waals surface area contributed by atoms with Crippen molar-refractivity contribution in [3.8, 4) is 11.5 Å². The van der Waals surface area contributed by atoms with Crippen molar-refractivity contribution >= 4 is 22.9 Å². The number of carbonyl (C=O) groups is 1. The van der Waals surface area contributed by atoms with E-state index in [4.69, 9.17) is 9.47 Å². The van der Waals surface area contributed by atoms with Crippen molar-refractivity contribution in [1.82, 2.24) is 14.3 Å². The van der Waals surface area contributed by atoms with Gasteiger partial charge in [-0.15, -0.1) is 11.3 Å². The highest BCUT2D eigenvalue weighted by Gasteiger charge is 2.35. The first kappa shape index (κ1) is 20.3. The fraction of sp³-hybridized carbons (Fsp3) is 0.208. The van der Waals surface area contributed by atoms with Gasteiger partial charge < -0.3 is 14.4 Å². The van der Waals surface area contributed by atoms with E-state index in [0.29, 0.717) is 30.1 Å². The van der Waals surface area contributed by atoms with Gasteiger partial charge in [0.1, 0.15) is 11.2 Å². The third-order valence-corrected chi connectivity index (χ3v) is 6.72. The third kappa shape index (κ3) is 3.23. The summed E-state index contributed by atoms with van der Waals surface area (Å²) < 4.78 is 12.4. The van der Waals surface area contributed by atoms with Crippen LogP contribution in [0.3, 0.4) is 0 Å². The summed E-state index contributed by atoms with van der Waals surface area (Å²) in [6.07, 6.45) is 3.65. The molecular formula is C24H21N3O4S. The molecule has 1 aliphatic rings. The highest BCUT2D eigenvalue weighted by molar-refractivity contribution is 7.10. The molecule has 1 amide bonds. The second-order valence-corrected chi connectivity index (χ2v) is 8.46. The van der Waals surface area contributed by atoms with E-state index >= 15 is 0 Å². The van der Waals surface area contributed by atoms with Gasteiger partial charge in [-0.1, -0.05) is 12.1 Å². The highest BCUT2D eigenvalue weighted by atomic mass is 32.1. The van der Waals surface area contributed by atoms with Crippen LogP contribution in [0, 0.1) is 0 Å². The van der Waals surface area contributed by atoms with E-state index < -0.39 is 0 Å². The summed E-state index contributed by atoms with van der Waals surface area (Å²) >= 11 is 1.57. The van der Waals surface area contributed by atoms with Crippen LogP contribution in [-0.2, 0) is 6.42 Å². The smallest absolute Gasteiger partial charge is 0.270 e. The van der Waals surface area contributed by atoms with Crippen molar-refractivity contribution in [2.24, 2.45) is 0 Å². The van der Waals surface area contributed by atoms with Crippen LogP contribution in [0.4, 0.5) is 0 Å². The quantitative estimate of drug-likeness (QED) is 0.478. The summed E-state index contributed by atoms with van der Waals surface area (Å²) in [7, 11) is 3.21. The summed E-state index contributed by atoms with van der Waals surface area (Å²) in [4.78, 5) is 33.8. The van der Waals surface area contributed by atoms with Gasteiger partial charge in [0.25, 0.3) is 11.5 Å². The number of aromatic nitrogens is 2. The van der Waals surface area contributed by atoms with Gasteiger partial charge in [-0.25, -0.2) is 4.98 Å². The highest BCUT2D eigenvalue weighted by Crippen LogP contribution is 2.42. The lowest BCUT2D eigenvalue weighted by molar-refractivity contribution is 0.0694. The predicted octanol–water partition coefficient (Wildman–Crippen LogP) is 3.56. The minimum Gasteiger partial charge on any atom is -0.493 e. The van der Waals surface area contributed by atoms with Crippen LogP contribution in [0.25, 0.3) is 5.65 Å². The Kier molecular flexibility index (Phi) is 5.14. The number of hydrogen-bond acceptors (Lipinski definition) is 6. The molecule has 0 bridgehead atoms. The summed E-state index contributed by atoms with van der Waals surface area (Å²) in [6.45, 7) is 0.473. The zero-order chi connectivity index (χ0) is 22.2. The molecule has 32 heavy (non-hydrogen) atoms. The van der Waals surface area contributed by atoms with E-state index in [1.165, 1.54) is 10.6 Å². The minimum absolute atomic E-state index is 0.0548. The first-order chi connectivity index (χ1) is 15.6. The van der Waals surface area contributed by atoms with Gasteiger partial charge in [0.2, 0.25) is 0 Å². The van der Waals surface area contributed by atoms with Crippen molar-refractivity contribution < 1.29 is 14.3 Å². The van der Waals surface area contributed by atoms with Gasteiger partial charge in [0.15, 0.2) is 11.5 Å².